The van der Waals surface area contributed by atoms with Crippen molar-refractivity contribution in [3.8, 4) is 5.75 Å². The summed E-state index contributed by atoms with van der Waals surface area (Å²) in [6.45, 7) is 2.05. The van der Waals surface area contributed by atoms with Crippen LogP contribution in [0.4, 0.5) is 5.69 Å². The Morgan fingerprint density at radius 3 is 2.64 bits per heavy atom. The third kappa shape index (κ3) is 7.17. The third-order valence-corrected chi connectivity index (χ3v) is 3.33. The van der Waals surface area contributed by atoms with Gasteiger partial charge < -0.3 is 20.3 Å². The molecule has 138 valence electrons. The number of nitrogens with zero attached hydrogens (tertiary/aromatic N) is 1. The average Bonchev–Trinajstić information content (AvgIpc) is 2.56. The molecule has 25 heavy (non-hydrogen) atoms. The van der Waals surface area contributed by atoms with Gasteiger partial charge in [0.2, 0.25) is 0 Å². The van der Waals surface area contributed by atoms with Crippen LogP contribution in [0.15, 0.2) is 18.2 Å². The molecule has 0 radical (unpaired) electrons. The minimum atomic E-state index is -0.925. The van der Waals surface area contributed by atoms with E-state index in [4.69, 9.17) is 20.3 Å². The Balaban J connectivity index is 2.82. The van der Waals surface area contributed by atoms with E-state index < -0.39 is 23.0 Å². The molecule has 0 saturated carbocycles. The number of hydrogen-bond donors (Lipinski definition) is 2. The molecule has 1 aromatic carbocycles. The van der Waals surface area contributed by atoms with Crippen LogP contribution in [-0.2, 0) is 14.3 Å². The van der Waals surface area contributed by atoms with Crippen LogP contribution in [0.25, 0.3) is 0 Å². The standard InChI is InChI=1S/C16H22N2O7/c1-11(25-16(21)5-2-8-17)13-10-12(6-7-14(13)18(22)23)24-9-3-4-15(19)20/h6-7,10-11H,2-5,8-9,17H2,1H3,(H,19,20). The van der Waals surface area contributed by atoms with E-state index in [9.17, 15) is 19.7 Å². The summed E-state index contributed by atoms with van der Waals surface area (Å²) in [5.41, 5.74) is 5.36. The first-order chi connectivity index (χ1) is 11.8. The number of nitro benzene ring substituents is 1. The SMILES string of the molecule is CC(OC(=O)CCCN)c1cc(OCCCC(=O)O)ccc1[N+](=O)[O-]. The van der Waals surface area contributed by atoms with Gasteiger partial charge in [0.05, 0.1) is 17.1 Å². The first-order valence-electron chi connectivity index (χ1n) is 7.87. The van der Waals surface area contributed by atoms with Gasteiger partial charge in [-0.25, -0.2) is 0 Å². The maximum atomic E-state index is 11.7. The number of carboxylic acids is 1. The number of hydrogen-bond acceptors (Lipinski definition) is 7. The summed E-state index contributed by atoms with van der Waals surface area (Å²) in [4.78, 5) is 32.8. The molecule has 0 fully saturated rings. The van der Waals surface area contributed by atoms with E-state index in [1.54, 1.807) is 0 Å². The van der Waals surface area contributed by atoms with E-state index in [0.717, 1.165) is 0 Å². The lowest BCUT2D eigenvalue weighted by Crippen LogP contribution is -2.12. The number of ether oxygens (including phenoxy) is 2. The van der Waals surface area contributed by atoms with Crippen LogP contribution in [-0.4, -0.2) is 35.1 Å². The quantitative estimate of drug-likeness (QED) is 0.266. The number of nitrogens with two attached hydrogens (primary N) is 1. The van der Waals surface area contributed by atoms with Crippen molar-refractivity contribution in [2.75, 3.05) is 13.2 Å². The molecular formula is C16H22N2O7. The smallest absolute Gasteiger partial charge is 0.306 e. The van der Waals surface area contributed by atoms with Crippen LogP contribution in [0.5, 0.6) is 5.75 Å². The van der Waals surface area contributed by atoms with Gasteiger partial charge in [-0.3, -0.25) is 19.7 Å². The van der Waals surface area contributed by atoms with Gasteiger partial charge >= 0.3 is 11.9 Å². The zero-order chi connectivity index (χ0) is 18.8. The zero-order valence-corrected chi connectivity index (χ0v) is 14.0. The highest BCUT2D eigenvalue weighted by Gasteiger charge is 2.22. The molecule has 1 unspecified atom stereocenters. The lowest BCUT2D eigenvalue weighted by atomic mass is 10.1. The first-order valence-corrected chi connectivity index (χ1v) is 7.87. The van der Waals surface area contributed by atoms with E-state index in [0.29, 0.717) is 25.1 Å². The maximum Gasteiger partial charge on any atom is 0.306 e. The Bertz CT molecular complexity index is 619. The molecule has 1 atom stereocenters. The Morgan fingerprint density at radius 1 is 1.32 bits per heavy atom. The fourth-order valence-corrected chi connectivity index (χ4v) is 2.09. The Labute approximate surface area is 144 Å². The van der Waals surface area contributed by atoms with Gasteiger partial charge in [0.25, 0.3) is 5.69 Å². The molecule has 0 amide bonds. The molecule has 0 aliphatic heterocycles. The van der Waals surface area contributed by atoms with Crippen molar-refractivity contribution >= 4 is 17.6 Å². The summed E-state index contributed by atoms with van der Waals surface area (Å²) >= 11 is 0. The lowest BCUT2D eigenvalue weighted by molar-refractivity contribution is -0.386. The van der Waals surface area contributed by atoms with E-state index in [1.165, 1.54) is 25.1 Å². The maximum absolute atomic E-state index is 11.7. The van der Waals surface area contributed by atoms with Crippen molar-refractivity contribution in [2.24, 2.45) is 5.73 Å². The fraction of sp³-hybridized carbons (Fsp3) is 0.500. The molecule has 0 bridgehead atoms. The van der Waals surface area contributed by atoms with Crippen molar-refractivity contribution in [2.45, 2.75) is 38.7 Å². The van der Waals surface area contributed by atoms with Gasteiger partial charge in [0.15, 0.2) is 0 Å². The van der Waals surface area contributed by atoms with Crippen LogP contribution in [0.1, 0.15) is 44.3 Å². The van der Waals surface area contributed by atoms with Gasteiger partial charge in [0.1, 0.15) is 11.9 Å². The number of rotatable bonds is 11. The number of esters is 1. The number of carbonyl (C=O) groups is 2. The highest BCUT2D eigenvalue weighted by molar-refractivity contribution is 5.70. The Kier molecular flexibility index (Phi) is 8.34. The highest BCUT2D eigenvalue weighted by atomic mass is 16.6. The van der Waals surface area contributed by atoms with Crippen LogP contribution >= 0.6 is 0 Å². The Morgan fingerprint density at radius 2 is 2.04 bits per heavy atom. The largest absolute Gasteiger partial charge is 0.494 e. The van der Waals surface area contributed by atoms with E-state index in [1.807, 2.05) is 0 Å². The topological polar surface area (TPSA) is 142 Å². The second kappa shape index (κ2) is 10.2. The molecule has 0 saturated heterocycles. The molecule has 0 aromatic heterocycles. The number of carbonyl (C=O) groups excluding carboxylic acids is 1. The minimum absolute atomic E-state index is 0.0327. The molecule has 0 heterocycles. The van der Waals surface area contributed by atoms with Crippen molar-refractivity contribution < 1.29 is 29.1 Å². The molecular weight excluding hydrogens is 332 g/mol. The fourth-order valence-electron chi connectivity index (χ4n) is 2.09. The predicted octanol–water partition coefficient (Wildman–Crippen LogP) is 2.18. The summed E-state index contributed by atoms with van der Waals surface area (Å²) in [7, 11) is 0. The summed E-state index contributed by atoms with van der Waals surface area (Å²) in [6, 6.07) is 4.12. The second-order valence-electron chi connectivity index (χ2n) is 5.35. The molecule has 3 N–H and O–H groups in total. The number of nitro groups is 1. The van der Waals surface area contributed by atoms with Crippen LogP contribution < -0.4 is 10.5 Å². The van der Waals surface area contributed by atoms with Gasteiger partial charge in [0, 0.05) is 18.9 Å². The monoisotopic (exact) mass is 354 g/mol. The van der Waals surface area contributed by atoms with E-state index in [2.05, 4.69) is 0 Å². The number of aliphatic carboxylic acids is 1. The summed E-state index contributed by atoms with van der Waals surface area (Å²) in [6.07, 6.45) is 0.0639. The van der Waals surface area contributed by atoms with Gasteiger partial charge in [-0.15, -0.1) is 0 Å². The van der Waals surface area contributed by atoms with Crippen LogP contribution in [0, 0.1) is 10.1 Å². The van der Waals surface area contributed by atoms with Crippen molar-refractivity contribution in [3.05, 3.63) is 33.9 Å². The predicted molar refractivity (Wildman–Crippen MR) is 88.3 cm³/mol. The Hall–Kier alpha value is -2.68. The van der Waals surface area contributed by atoms with Crippen molar-refractivity contribution in [3.63, 3.8) is 0 Å². The summed E-state index contributed by atoms with van der Waals surface area (Å²) in [5.74, 6) is -1.07. The van der Waals surface area contributed by atoms with E-state index >= 15 is 0 Å². The molecule has 9 heteroatoms. The van der Waals surface area contributed by atoms with Gasteiger partial charge in [-0.1, -0.05) is 0 Å². The van der Waals surface area contributed by atoms with Crippen molar-refractivity contribution in [1.29, 1.82) is 0 Å². The number of carboxylic acid groups (broad SMARTS) is 1. The molecule has 0 aliphatic rings. The second-order valence-corrected chi connectivity index (χ2v) is 5.35. The number of benzene rings is 1. The highest BCUT2D eigenvalue weighted by Crippen LogP contribution is 2.31. The normalized spacial score (nSPS) is 11.6. The third-order valence-electron chi connectivity index (χ3n) is 3.33. The molecule has 0 aliphatic carbocycles. The van der Waals surface area contributed by atoms with Crippen LogP contribution in [0.3, 0.4) is 0 Å². The van der Waals surface area contributed by atoms with Crippen LogP contribution in [0.2, 0.25) is 0 Å². The van der Waals surface area contributed by atoms with Crippen molar-refractivity contribution in [1.82, 2.24) is 0 Å². The zero-order valence-electron chi connectivity index (χ0n) is 14.0. The molecule has 1 rings (SSSR count). The molecule has 0 spiro atoms. The first kappa shape index (κ1) is 20.4. The summed E-state index contributed by atoms with van der Waals surface area (Å²) in [5, 5.41) is 19.8. The summed E-state index contributed by atoms with van der Waals surface area (Å²) < 4.78 is 10.6. The van der Waals surface area contributed by atoms with Gasteiger partial charge in [-0.05, 0) is 38.4 Å². The van der Waals surface area contributed by atoms with Gasteiger partial charge in [-0.2, -0.15) is 0 Å². The molecule has 9 nitrogen and oxygen atoms in total. The van der Waals surface area contributed by atoms with E-state index in [-0.39, 0.29) is 30.7 Å². The minimum Gasteiger partial charge on any atom is -0.494 e. The lowest BCUT2D eigenvalue weighted by Gasteiger charge is -2.15. The average molecular weight is 354 g/mol. The molecule has 1 aromatic rings.